The molecule has 1 amide bonds. The molecule has 6 heteroatoms. The summed E-state index contributed by atoms with van der Waals surface area (Å²) >= 11 is 5.77. The maximum atomic E-state index is 11.8. The van der Waals surface area contributed by atoms with E-state index in [0.29, 0.717) is 13.0 Å². The van der Waals surface area contributed by atoms with E-state index in [1.807, 2.05) is 0 Å². The van der Waals surface area contributed by atoms with Gasteiger partial charge in [-0.15, -0.1) is 11.6 Å². The normalized spacial score (nSPS) is 26.2. The van der Waals surface area contributed by atoms with E-state index in [-0.39, 0.29) is 28.7 Å². The molecule has 1 aliphatic rings. The van der Waals surface area contributed by atoms with Crippen molar-refractivity contribution in [3.63, 3.8) is 0 Å². The third-order valence-electron chi connectivity index (χ3n) is 2.48. The molecule has 0 bridgehead atoms. The first-order valence-corrected chi connectivity index (χ1v) is 7.17. The Morgan fingerprint density at radius 1 is 1.60 bits per heavy atom. The predicted octanol–water partition coefficient (Wildman–Crippen LogP) is 0.507. The van der Waals surface area contributed by atoms with Crippen molar-refractivity contribution in [2.24, 2.45) is 5.92 Å². The smallest absolute Gasteiger partial charge is 0.226 e. The molecule has 1 saturated heterocycles. The van der Waals surface area contributed by atoms with Gasteiger partial charge in [0.1, 0.15) is 0 Å². The van der Waals surface area contributed by atoms with Gasteiger partial charge in [0.2, 0.25) is 5.91 Å². The third kappa shape index (κ3) is 3.65. The topological polar surface area (TPSA) is 54.5 Å². The summed E-state index contributed by atoms with van der Waals surface area (Å²) in [6.45, 7) is 2.26. The molecule has 0 aliphatic carbocycles. The molecule has 0 N–H and O–H groups in total. The number of alkyl halides is 1. The van der Waals surface area contributed by atoms with E-state index in [9.17, 15) is 13.2 Å². The van der Waals surface area contributed by atoms with E-state index in [0.717, 1.165) is 0 Å². The fourth-order valence-electron chi connectivity index (χ4n) is 1.77. The highest BCUT2D eigenvalue weighted by Gasteiger charge is 2.34. The number of hydrogen-bond acceptors (Lipinski definition) is 3. The number of rotatable bonds is 3. The molecule has 0 radical (unpaired) electrons. The summed E-state index contributed by atoms with van der Waals surface area (Å²) in [6, 6.07) is 0. The molecule has 0 saturated carbocycles. The molecule has 4 nitrogen and oxygen atoms in total. The Kier molecular flexibility index (Phi) is 4.00. The molecular weight excluding hydrogens is 238 g/mol. The van der Waals surface area contributed by atoms with Gasteiger partial charge >= 0.3 is 0 Å². The second-order valence-corrected chi connectivity index (χ2v) is 7.07. The van der Waals surface area contributed by atoms with Crippen molar-refractivity contribution in [3.05, 3.63) is 0 Å². The van der Waals surface area contributed by atoms with Crippen LogP contribution in [0.15, 0.2) is 0 Å². The van der Waals surface area contributed by atoms with Crippen molar-refractivity contribution in [3.8, 4) is 0 Å². The standard InChI is InChI=1S/C9H16ClNO3S/c1-7(10)5-11(2)9(12)8-3-4-15(13,14)6-8/h7-8H,3-6H2,1-2H3. The average Bonchev–Trinajstić information content (AvgIpc) is 2.43. The molecule has 0 aromatic carbocycles. The number of sulfone groups is 1. The van der Waals surface area contributed by atoms with Gasteiger partial charge in [-0.25, -0.2) is 8.42 Å². The van der Waals surface area contributed by atoms with Crippen molar-refractivity contribution in [1.82, 2.24) is 4.90 Å². The van der Waals surface area contributed by atoms with Gasteiger partial charge in [0.25, 0.3) is 0 Å². The Morgan fingerprint density at radius 3 is 2.60 bits per heavy atom. The minimum atomic E-state index is -2.98. The van der Waals surface area contributed by atoms with Gasteiger partial charge in [0.05, 0.1) is 17.4 Å². The number of amides is 1. The van der Waals surface area contributed by atoms with Crippen LogP contribution in [0.25, 0.3) is 0 Å². The minimum Gasteiger partial charge on any atom is -0.344 e. The zero-order chi connectivity index (χ0) is 11.6. The highest BCUT2D eigenvalue weighted by molar-refractivity contribution is 7.91. The molecule has 1 aliphatic heterocycles. The summed E-state index contributed by atoms with van der Waals surface area (Å²) in [5.41, 5.74) is 0. The largest absolute Gasteiger partial charge is 0.344 e. The van der Waals surface area contributed by atoms with E-state index in [1.54, 1.807) is 14.0 Å². The maximum Gasteiger partial charge on any atom is 0.226 e. The number of carbonyl (C=O) groups is 1. The zero-order valence-electron chi connectivity index (χ0n) is 8.94. The lowest BCUT2D eigenvalue weighted by atomic mass is 10.1. The van der Waals surface area contributed by atoms with Gasteiger partial charge in [0, 0.05) is 19.0 Å². The van der Waals surface area contributed by atoms with Crippen molar-refractivity contribution >= 4 is 27.3 Å². The van der Waals surface area contributed by atoms with E-state index in [4.69, 9.17) is 11.6 Å². The Labute approximate surface area is 95.5 Å². The Morgan fingerprint density at radius 2 is 2.20 bits per heavy atom. The second-order valence-electron chi connectivity index (χ2n) is 4.10. The van der Waals surface area contributed by atoms with Crippen LogP contribution in [0.5, 0.6) is 0 Å². The van der Waals surface area contributed by atoms with Crippen molar-refractivity contribution in [1.29, 1.82) is 0 Å². The number of carbonyl (C=O) groups excluding carboxylic acids is 1. The quantitative estimate of drug-likeness (QED) is 0.689. The fraction of sp³-hybridized carbons (Fsp3) is 0.889. The summed E-state index contributed by atoms with van der Waals surface area (Å²) in [5.74, 6) is -0.348. The van der Waals surface area contributed by atoms with Crippen LogP contribution in [0.4, 0.5) is 0 Å². The molecule has 1 heterocycles. The van der Waals surface area contributed by atoms with Crippen LogP contribution < -0.4 is 0 Å². The lowest BCUT2D eigenvalue weighted by Gasteiger charge is -2.21. The summed E-state index contributed by atoms with van der Waals surface area (Å²) in [4.78, 5) is 13.3. The summed E-state index contributed by atoms with van der Waals surface area (Å²) < 4.78 is 22.4. The van der Waals surface area contributed by atoms with E-state index < -0.39 is 9.84 Å². The molecule has 0 spiro atoms. The molecule has 0 aromatic heterocycles. The minimum absolute atomic E-state index is 0.00710. The van der Waals surface area contributed by atoms with Gasteiger partial charge in [0.15, 0.2) is 9.84 Å². The van der Waals surface area contributed by atoms with Crippen LogP contribution >= 0.6 is 11.6 Å². The average molecular weight is 254 g/mol. The Balaban J connectivity index is 2.55. The van der Waals surface area contributed by atoms with Crippen molar-refractivity contribution < 1.29 is 13.2 Å². The summed E-state index contributed by atoms with van der Waals surface area (Å²) in [5, 5.41) is -0.114. The fourth-order valence-corrected chi connectivity index (χ4v) is 3.71. The van der Waals surface area contributed by atoms with E-state index in [1.165, 1.54) is 4.90 Å². The molecule has 1 rings (SSSR count). The maximum absolute atomic E-state index is 11.8. The van der Waals surface area contributed by atoms with Crippen LogP contribution in [0.3, 0.4) is 0 Å². The molecule has 88 valence electrons. The SMILES string of the molecule is CC(Cl)CN(C)C(=O)C1CCS(=O)(=O)C1. The van der Waals surface area contributed by atoms with Crippen LogP contribution in [0.2, 0.25) is 0 Å². The highest BCUT2D eigenvalue weighted by Crippen LogP contribution is 2.20. The molecule has 1 fully saturated rings. The molecule has 0 aromatic rings. The summed E-state index contributed by atoms with van der Waals surface area (Å²) in [6.07, 6.45) is 0.447. The Bertz CT molecular complexity index is 339. The molecule has 2 atom stereocenters. The van der Waals surface area contributed by atoms with Gasteiger partial charge in [-0.2, -0.15) is 0 Å². The summed E-state index contributed by atoms with van der Waals surface area (Å²) in [7, 11) is -1.32. The first-order valence-electron chi connectivity index (χ1n) is 4.91. The highest BCUT2D eigenvalue weighted by atomic mass is 35.5. The van der Waals surface area contributed by atoms with Gasteiger partial charge in [-0.05, 0) is 13.3 Å². The van der Waals surface area contributed by atoms with Crippen LogP contribution in [0, 0.1) is 5.92 Å². The van der Waals surface area contributed by atoms with Gasteiger partial charge in [-0.3, -0.25) is 4.79 Å². The van der Waals surface area contributed by atoms with E-state index >= 15 is 0 Å². The first kappa shape index (κ1) is 12.8. The third-order valence-corrected chi connectivity index (χ3v) is 4.39. The van der Waals surface area contributed by atoms with Gasteiger partial charge < -0.3 is 4.90 Å². The predicted molar refractivity (Wildman–Crippen MR) is 59.7 cm³/mol. The molecule has 2 unspecified atom stereocenters. The van der Waals surface area contributed by atoms with Crippen molar-refractivity contribution in [2.75, 3.05) is 25.1 Å². The Hall–Kier alpha value is -0.290. The lowest BCUT2D eigenvalue weighted by Crippen LogP contribution is -2.36. The second kappa shape index (κ2) is 4.70. The van der Waals surface area contributed by atoms with Crippen LogP contribution in [-0.2, 0) is 14.6 Å². The first-order chi connectivity index (χ1) is 6.82. The number of halogens is 1. The zero-order valence-corrected chi connectivity index (χ0v) is 10.5. The monoisotopic (exact) mass is 253 g/mol. The van der Waals surface area contributed by atoms with Crippen LogP contribution in [-0.4, -0.2) is 49.7 Å². The van der Waals surface area contributed by atoms with Gasteiger partial charge in [-0.1, -0.05) is 0 Å². The van der Waals surface area contributed by atoms with Crippen molar-refractivity contribution in [2.45, 2.75) is 18.7 Å². The van der Waals surface area contributed by atoms with E-state index in [2.05, 4.69) is 0 Å². The molecule has 15 heavy (non-hydrogen) atoms. The lowest BCUT2D eigenvalue weighted by molar-refractivity contribution is -0.133. The molecular formula is C9H16ClNO3S. The van der Waals surface area contributed by atoms with Crippen LogP contribution in [0.1, 0.15) is 13.3 Å². The number of hydrogen-bond donors (Lipinski definition) is 0. The number of nitrogens with zero attached hydrogens (tertiary/aromatic N) is 1.